The van der Waals surface area contributed by atoms with Gasteiger partial charge in [0.25, 0.3) is 0 Å². The highest BCUT2D eigenvalue weighted by atomic mass is 16.2. The lowest BCUT2D eigenvalue weighted by Gasteiger charge is -2.34. The molecule has 0 aromatic heterocycles. The van der Waals surface area contributed by atoms with E-state index < -0.39 is 0 Å². The van der Waals surface area contributed by atoms with Crippen LogP contribution in [-0.4, -0.2) is 60.2 Å². The Balaban J connectivity index is 1.57. The normalized spacial score (nSPS) is 14.2. The summed E-state index contributed by atoms with van der Waals surface area (Å²) in [6.07, 6.45) is 2.46. The van der Waals surface area contributed by atoms with E-state index in [2.05, 4.69) is 36.5 Å². The fourth-order valence-corrected chi connectivity index (χ4v) is 3.03. The van der Waals surface area contributed by atoms with Crippen LogP contribution in [0.1, 0.15) is 37.3 Å². The van der Waals surface area contributed by atoms with Gasteiger partial charge < -0.3 is 15.1 Å². The van der Waals surface area contributed by atoms with E-state index in [4.69, 9.17) is 0 Å². The molecule has 1 saturated heterocycles. The van der Waals surface area contributed by atoms with Crippen LogP contribution < -0.4 is 5.32 Å². The molecule has 1 aromatic carbocycles. The molecule has 0 radical (unpaired) electrons. The lowest BCUT2D eigenvalue weighted by Crippen LogP contribution is -2.50. The van der Waals surface area contributed by atoms with Crippen LogP contribution in [-0.2, 0) is 20.8 Å². The van der Waals surface area contributed by atoms with Crippen molar-refractivity contribution in [2.24, 2.45) is 0 Å². The van der Waals surface area contributed by atoms with Crippen molar-refractivity contribution in [3.63, 3.8) is 0 Å². The van der Waals surface area contributed by atoms with Crippen molar-refractivity contribution in [1.29, 1.82) is 0 Å². The van der Waals surface area contributed by atoms with E-state index in [9.17, 15) is 14.4 Å². The summed E-state index contributed by atoms with van der Waals surface area (Å²) in [4.78, 5) is 38.8. The molecular formula is C20H29N3O3. The van der Waals surface area contributed by atoms with Gasteiger partial charge in [0.15, 0.2) is 0 Å². The van der Waals surface area contributed by atoms with Gasteiger partial charge in [-0.25, -0.2) is 0 Å². The van der Waals surface area contributed by atoms with Crippen LogP contribution in [0.25, 0.3) is 0 Å². The van der Waals surface area contributed by atoms with Crippen molar-refractivity contribution < 1.29 is 14.4 Å². The Bertz CT molecular complexity index is 620. The molecule has 1 aromatic rings. The lowest BCUT2D eigenvalue weighted by molar-refractivity contribution is -0.138. The highest BCUT2D eigenvalue weighted by Gasteiger charge is 2.21. The summed E-state index contributed by atoms with van der Waals surface area (Å²) >= 11 is 0. The predicted molar refractivity (Wildman–Crippen MR) is 101 cm³/mol. The number of amides is 3. The molecule has 1 aliphatic rings. The summed E-state index contributed by atoms with van der Waals surface area (Å²) in [6, 6.07) is 8.35. The van der Waals surface area contributed by atoms with Crippen LogP contribution in [0.4, 0.5) is 0 Å². The molecule has 2 rings (SSSR count). The van der Waals surface area contributed by atoms with Gasteiger partial charge in [0.2, 0.25) is 17.7 Å². The van der Waals surface area contributed by atoms with Gasteiger partial charge in [0.05, 0.1) is 0 Å². The molecule has 142 valence electrons. The Hall–Kier alpha value is -2.37. The van der Waals surface area contributed by atoms with Crippen LogP contribution in [0.2, 0.25) is 0 Å². The number of carbonyl (C=O) groups is 3. The summed E-state index contributed by atoms with van der Waals surface area (Å²) in [5, 5.41) is 2.82. The van der Waals surface area contributed by atoms with Gasteiger partial charge in [-0.1, -0.05) is 29.8 Å². The Morgan fingerprint density at radius 1 is 0.962 bits per heavy atom. The molecule has 0 aliphatic carbocycles. The molecule has 1 N–H and O–H groups in total. The van der Waals surface area contributed by atoms with Crippen molar-refractivity contribution in [3.8, 4) is 0 Å². The van der Waals surface area contributed by atoms with Crippen LogP contribution in [0.15, 0.2) is 24.3 Å². The number of nitrogens with zero attached hydrogens (tertiary/aromatic N) is 2. The van der Waals surface area contributed by atoms with Crippen molar-refractivity contribution in [2.75, 3.05) is 32.7 Å². The Kier molecular flexibility index (Phi) is 7.63. The fraction of sp³-hybridized carbons (Fsp3) is 0.550. The second kappa shape index (κ2) is 9.94. The molecule has 6 nitrogen and oxygen atoms in total. The SMILES string of the molecule is CC(=O)N1CCN(C(=O)CCNC(=O)CCCc2ccc(C)cc2)CC1. The van der Waals surface area contributed by atoms with Gasteiger partial charge in [0, 0.05) is 52.5 Å². The highest BCUT2D eigenvalue weighted by Crippen LogP contribution is 2.07. The minimum Gasteiger partial charge on any atom is -0.356 e. The Morgan fingerprint density at radius 3 is 2.19 bits per heavy atom. The summed E-state index contributed by atoms with van der Waals surface area (Å²) in [7, 11) is 0. The van der Waals surface area contributed by atoms with Gasteiger partial charge in [0.1, 0.15) is 0 Å². The molecule has 0 spiro atoms. The largest absolute Gasteiger partial charge is 0.356 e. The van der Waals surface area contributed by atoms with Gasteiger partial charge in [-0.15, -0.1) is 0 Å². The first-order chi connectivity index (χ1) is 12.5. The average molecular weight is 359 g/mol. The van der Waals surface area contributed by atoms with Gasteiger partial charge >= 0.3 is 0 Å². The molecule has 0 bridgehead atoms. The zero-order chi connectivity index (χ0) is 18.9. The van der Waals surface area contributed by atoms with E-state index in [1.165, 1.54) is 11.1 Å². The summed E-state index contributed by atoms with van der Waals surface area (Å²) in [5.41, 5.74) is 2.47. The molecule has 26 heavy (non-hydrogen) atoms. The van der Waals surface area contributed by atoms with E-state index >= 15 is 0 Å². The van der Waals surface area contributed by atoms with Crippen LogP contribution in [0.5, 0.6) is 0 Å². The minimum absolute atomic E-state index is 0.00805. The number of hydrogen-bond donors (Lipinski definition) is 1. The standard InChI is InChI=1S/C20H29N3O3/c1-16-6-8-18(9-7-16)4-3-5-19(25)21-11-10-20(26)23-14-12-22(13-15-23)17(2)24/h6-9H,3-5,10-15H2,1-2H3,(H,21,25). The first kappa shape index (κ1) is 19.9. The zero-order valence-electron chi connectivity index (χ0n) is 15.8. The van der Waals surface area contributed by atoms with E-state index in [-0.39, 0.29) is 17.7 Å². The number of carbonyl (C=O) groups excluding carboxylic acids is 3. The third kappa shape index (κ3) is 6.50. The van der Waals surface area contributed by atoms with E-state index in [0.29, 0.717) is 45.6 Å². The molecule has 0 unspecified atom stereocenters. The monoisotopic (exact) mass is 359 g/mol. The topological polar surface area (TPSA) is 69.7 Å². The molecule has 6 heteroatoms. The average Bonchev–Trinajstić information content (AvgIpc) is 2.63. The number of hydrogen-bond acceptors (Lipinski definition) is 3. The van der Waals surface area contributed by atoms with Gasteiger partial charge in [-0.3, -0.25) is 14.4 Å². The molecule has 3 amide bonds. The van der Waals surface area contributed by atoms with Crippen molar-refractivity contribution in [1.82, 2.24) is 15.1 Å². The fourth-order valence-electron chi connectivity index (χ4n) is 3.03. The van der Waals surface area contributed by atoms with E-state index in [1.54, 1.807) is 16.7 Å². The van der Waals surface area contributed by atoms with E-state index in [1.807, 2.05) is 0 Å². The summed E-state index contributed by atoms with van der Waals surface area (Å²) in [6.45, 7) is 6.30. The molecule has 0 atom stereocenters. The first-order valence-corrected chi connectivity index (χ1v) is 9.31. The second-order valence-electron chi connectivity index (χ2n) is 6.83. The predicted octanol–water partition coefficient (Wildman–Crippen LogP) is 1.51. The minimum atomic E-state index is -0.00805. The van der Waals surface area contributed by atoms with E-state index in [0.717, 1.165) is 12.8 Å². The molecule has 0 saturated carbocycles. The van der Waals surface area contributed by atoms with Gasteiger partial charge in [-0.2, -0.15) is 0 Å². The van der Waals surface area contributed by atoms with Crippen molar-refractivity contribution in [3.05, 3.63) is 35.4 Å². The van der Waals surface area contributed by atoms with Gasteiger partial charge in [-0.05, 0) is 25.3 Å². The zero-order valence-corrected chi connectivity index (χ0v) is 15.8. The molecule has 1 fully saturated rings. The smallest absolute Gasteiger partial charge is 0.224 e. The molecular weight excluding hydrogens is 330 g/mol. The number of rotatable bonds is 7. The van der Waals surface area contributed by atoms with Crippen LogP contribution in [0.3, 0.4) is 0 Å². The molecule has 1 heterocycles. The van der Waals surface area contributed by atoms with Crippen LogP contribution >= 0.6 is 0 Å². The second-order valence-corrected chi connectivity index (χ2v) is 6.83. The van der Waals surface area contributed by atoms with Crippen molar-refractivity contribution >= 4 is 17.7 Å². The third-order valence-corrected chi connectivity index (χ3v) is 4.73. The van der Waals surface area contributed by atoms with Crippen LogP contribution in [0, 0.1) is 6.92 Å². The quantitative estimate of drug-likeness (QED) is 0.802. The highest BCUT2D eigenvalue weighted by molar-refractivity contribution is 5.79. The molecule has 1 aliphatic heterocycles. The lowest BCUT2D eigenvalue weighted by atomic mass is 10.1. The Labute approximate surface area is 155 Å². The third-order valence-electron chi connectivity index (χ3n) is 4.73. The Morgan fingerprint density at radius 2 is 1.58 bits per heavy atom. The number of piperazine rings is 1. The van der Waals surface area contributed by atoms with Crippen molar-refractivity contribution in [2.45, 2.75) is 39.5 Å². The maximum atomic E-state index is 12.2. The number of aryl methyl sites for hydroxylation is 2. The number of benzene rings is 1. The maximum absolute atomic E-state index is 12.2. The summed E-state index contributed by atoms with van der Waals surface area (Å²) < 4.78 is 0. The first-order valence-electron chi connectivity index (χ1n) is 9.31. The number of nitrogens with one attached hydrogen (secondary N) is 1. The summed E-state index contributed by atoms with van der Waals surface area (Å²) in [5.74, 6) is 0.0782. The maximum Gasteiger partial charge on any atom is 0.224 e.